The van der Waals surface area contributed by atoms with Gasteiger partial charge in [-0.15, -0.1) is 0 Å². The van der Waals surface area contributed by atoms with Crippen molar-refractivity contribution in [2.24, 2.45) is 0 Å². The topological polar surface area (TPSA) is 145 Å². The Labute approximate surface area is 206 Å². The lowest BCUT2D eigenvalue weighted by molar-refractivity contribution is -0.136. The molecular formula is C26H22N4O6. The number of fused-ring (bicyclic) bond motifs is 1. The number of urea groups is 1. The van der Waals surface area contributed by atoms with E-state index in [1.165, 1.54) is 0 Å². The van der Waals surface area contributed by atoms with Crippen molar-refractivity contribution in [2.75, 3.05) is 5.32 Å². The lowest BCUT2D eigenvalue weighted by Gasteiger charge is -2.33. The van der Waals surface area contributed by atoms with Gasteiger partial charge in [0.1, 0.15) is 29.0 Å². The molecule has 10 heteroatoms. The van der Waals surface area contributed by atoms with Crippen molar-refractivity contribution < 1.29 is 29.1 Å². The maximum Gasteiger partial charge on any atom is 0.319 e. The SMILES string of the molecule is O=C=C1CCC(N2Cc3cc(CNC(=O)Nc4ccc(CC(=O)O)cc4)ccc3C2=C=O)C(=C=O)N1. The minimum atomic E-state index is -0.929. The first-order valence-electron chi connectivity index (χ1n) is 11.2. The minimum absolute atomic E-state index is 0.0932. The van der Waals surface area contributed by atoms with Crippen LogP contribution in [0.25, 0.3) is 5.70 Å². The summed E-state index contributed by atoms with van der Waals surface area (Å²) in [5.41, 5.74) is 4.30. The van der Waals surface area contributed by atoms with Gasteiger partial charge < -0.3 is 26.0 Å². The van der Waals surface area contributed by atoms with E-state index in [-0.39, 0.29) is 24.4 Å². The van der Waals surface area contributed by atoms with Crippen molar-refractivity contribution >= 4 is 41.2 Å². The van der Waals surface area contributed by atoms with Gasteiger partial charge in [0.2, 0.25) is 0 Å². The van der Waals surface area contributed by atoms with Gasteiger partial charge >= 0.3 is 12.0 Å². The van der Waals surface area contributed by atoms with Gasteiger partial charge in [0.25, 0.3) is 0 Å². The van der Waals surface area contributed by atoms with Crippen LogP contribution in [0.2, 0.25) is 0 Å². The second kappa shape index (κ2) is 10.6. The summed E-state index contributed by atoms with van der Waals surface area (Å²) < 4.78 is 0. The van der Waals surface area contributed by atoms with Gasteiger partial charge in [0, 0.05) is 30.8 Å². The Kier molecular flexibility index (Phi) is 7.14. The average Bonchev–Trinajstić information content (AvgIpc) is 3.25. The van der Waals surface area contributed by atoms with Crippen molar-refractivity contribution in [2.45, 2.75) is 38.4 Å². The molecule has 2 amide bonds. The second-order valence-corrected chi connectivity index (χ2v) is 8.42. The van der Waals surface area contributed by atoms with Gasteiger partial charge in [-0.25, -0.2) is 19.2 Å². The molecule has 10 nitrogen and oxygen atoms in total. The first-order chi connectivity index (χ1) is 17.4. The summed E-state index contributed by atoms with van der Waals surface area (Å²) in [5.74, 6) is 4.65. The predicted octanol–water partition coefficient (Wildman–Crippen LogP) is 1.81. The van der Waals surface area contributed by atoms with Crippen LogP contribution in [-0.4, -0.2) is 45.9 Å². The minimum Gasteiger partial charge on any atom is -0.481 e. The molecule has 2 heterocycles. The fraction of sp³-hybridized carbons (Fsp3) is 0.231. The molecule has 0 bridgehead atoms. The highest BCUT2D eigenvalue weighted by Crippen LogP contribution is 2.37. The molecule has 0 spiro atoms. The van der Waals surface area contributed by atoms with E-state index >= 15 is 0 Å². The number of carboxylic acids is 1. The molecule has 1 atom stereocenters. The Hall–Kier alpha value is -4.87. The Morgan fingerprint density at radius 2 is 1.78 bits per heavy atom. The summed E-state index contributed by atoms with van der Waals surface area (Å²) in [6.07, 6.45) is 0.752. The number of amides is 2. The second-order valence-electron chi connectivity index (χ2n) is 8.42. The van der Waals surface area contributed by atoms with Gasteiger partial charge in [-0.3, -0.25) is 4.79 Å². The molecule has 0 aliphatic carbocycles. The standard InChI is InChI=1S/C26H22N4O6/c31-13-20-6-8-23(22(14-32)28-20)30-12-18-9-17(3-7-21(18)24(30)15-33)11-27-26(36)29-19-4-1-16(2-5-19)10-25(34)35/h1-5,7,9,23,28H,6,8,10-12H2,(H,34,35)(H2,27,29,36). The zero-order chi connectivity index (χ0) is 25.7. The monoisotopic (exact) mass is 486 g/mol. The van der Waals surface area contributed by atoms with Crippen molar-refractivity contribution in [3.63, 3.8) is 0 Å². The highest BCUT2D eigenvalue weighted by Gasteiger charge is 2.35. The number of hydrogen-bond donors (Lipinski definition) is 4. The molecule has 2 aliphatic rings. The third-order valence-corrected chi connectivity index (χ3v) is 6.07. The number of carbonyl (C=O) groups excluding carboxylic acids is 4. The molecule has 2 aliphatic heterocycles. The van der Waals surface area contributed by atoms with Crippen LogP contribution in [0.4, 0.5) is 10.5 Å². The highest BCUT2D eigenvalue weighted by molar-refractivity contribution is 5.91. The fourth-order valence-electron chi connectivity index (χ4n) is 4.37. The molecule has 0 radical (unpaired) electrons. The number of aliphatic carboxylic acids is 1. The molecule has 1 unspecified atom stereocenters. The molecule has 4 rings (SSSR count). The Morgan fingerprint density at radius 3 is 2.44 bits per heavy atom. The Bertz CT molecular complexity index is 1360. The number of benzene rings is 2. The molecule has 4 N–H and O–H groups in total. The third kappa shape index (κ3) is 5.27. The van der Waals surface area contributed by atoms with E-state index in [0.29, 0.717) is 41.9 Å². The summed E-state index contributed by atoms with van der Waals surface area (Å²) in [7, 11) is 0. The predicted molar refractivity (Wildman–Crippen MR) is 129 cm³/mol. The third-order valence-electron chi connectivity index (χ3n) is 6.07. The number of hydrogen-bond acceptors (Lipinski definition) is 7. The van der Waals surface area contributed by atoms with Crippen molar-refractivity contribution in [1.82, 2.24) is 15.5 Å². The highest BCUT2D eigenvalue weighted by atomic mass is 16.4. The van der Waals surface area contributed by atoms with E-state index in [9.17, 15) is 24.0 Å². The van der Waals surface area contributed by atoms with Gasteiger partial charge in [-0.2, -0.15) is 0 Å². The van der Waals surface area contributed by atoms with E-state index in [1.54, 1.807) is 47.2 Å². The van der Waals surface area contributed by atoms with Crippen LogP contribution in [0.1, 0.15) is 35.1 Å². The van der Waals surface area contributed by atoms with Crippen LogP contribution in [-0.2, 0) is 38.7 Å². The van der Waals surface area contributed by atoms with Crippen molar-refractivity contribution in [3.05, 3.63) is 76.1 Å². The number of rotatable bonds is 6. The summed E-state index contributed by atoms with van der Waals surface area (Å²) in [5, 5.41) is 17.0. The number of nitrogens with one attached hydrogen (secondary N) is 3. The summed E-state index contributed by atoms with van der Waals surface area (Å²) in [6, 6.07) is 11.1. The van der Waals surface area contributed by atoms with E-state index in [4.69, 9.17) is 5.11 Å². The maximum atomic E-state index is 12.3. The lowest BCUT2D eigenvalue weighted by Crippen LogP contribution is -2.41. The molecule has 36 heavy (non-hydrogen) atoms. The summed E-state index contributed by atoms with van der Waals surface area (Å²) >= 11 is 0. The largest absolute Gasteiger partial charge is 0.481 e. The van der Waals surface area contributed by atoms with Crippen molar-refractivity contribution in [1.29, 1.82) is 0 Å². The van der Waals surface area contributed by atoms with Crippen LogP contribution in [0.3, 0.4) is 0 Å². The first kappa shape index (κ1) is 24.3. The zero-order valence-corrected chi connectivity index (χ0v) is 19.1. The van der Waals surface area contributed by atoms with Crippen LogP contribution in [0, 0.1) is 0 Å². The van der Waals surface area contributed by atoms with Gasteiger partial charge in [-0.1, -0.05) is 30.3 Å². The number of anilines is 1. The van der Waals surface area contributed by atoms with Crippen LogP contribution in [0.5, 0.6) is 0 Å². The average molecular weight is 486 g/mol. The van der Waals surface area contributed by atoms with Crippen LogP contribution < -0.4 is 16.0 Å². The first-order valence-corrected chi connectivity index (χ1v) is 11.2. The zero-order valence-electron chi connectivity index (χ0n) is 19.1. The van der Waals surface area contributed by atoms with Gasteiger partial charge in [0.15, 0.2) is 5.94 Å². The maximum absolute atomic E-state index is 12.3. The summed E-state index contributed by atoms with van der Waals surface area (Å²) in [6.45, 7) is 0.592. The van der Waals surface area contributed by atoms with E-state index in [2.05, 4.69) is 16.0 Å². The molecule has 182 valence electrons. The fourth-order valence-corrected chi connectivity index (χ4v) is 4.37. The van der Waals surface area contributed by atoms with Crippen LogP contribution in [0.15, 0.2) is 53.9 Å². The molecule has 1 saturated heterocycles. The normalized spacial score (nSPS) is 16.3. The Morgan fingerprint density at radius 1 is 1.03 bits per heavy atom. The van der Waals surface area contributed by atoms with E-state index in [0.717, 1.165) is 11.1 Å². The van der Waals surface area contributed by atoms with Crippen molar-refractivity contribution in [3.8, 4) is 0 Å². The van der Waals surface area contributed by atoms with Gasteiger partial charge in [-0.05, 0) is 35.2 Å². The number of carbonyl (C=O) groups is 2. The smallest absolute Gasteiger partial charge is 0.319 e. The number of nitrogens with zero attached hydrogens (tertiary/aromatic N) is 1. The molecule has 0 aromatic heterocycles. The quantitative estimate of drug-likeness (QED) is 0.453. The van der Waals surface area contributed by atoms with E-state index in [1.807, 2.05) is 17.9 Å². The molecule has 1 fully saturated rings. The summed E-state index contributed by atoms with van der Waals surface area (Å²) in [4.78, 5) is 59.1. The Balaban J connectivity index is 1.40. The molecule has 2 aromatic carbocycles. The van der Waals surface area contributed by atoms with Gasteiger partial charge in [0.05, 0.1) is 12.5 Å². The number of carboxylic acid groups (broad SMARTS) is 1. The number of piperidine rings is 1. The molecule has 2 aromatic rings. The van der Waals surface area contributed by atoms with Crippen LogP contribution >= 0.6 is 0 Å². The lowest BCUT2D eigenvalue weighted by atomic mass is 10.0. The molecular weight excluding hydrogens is 464 g/mol. The number of allylic oxidation sites excluding steroid dienone is 1. The molecule has 0 saturated carbocycles. The van der Waals surface area contributed by atoms with E-state index < -0.39 is 18.0 Å².